The number of hydrogen-bond donors (Lipinski definition) is 1. The lowest BCUT2D eigenvalue weighted by atomic mass is 10.0. The third kappa shape index (κ3) is 4.34. The average Bonchev–Trinajstić information content (AvgIpc) is 3.07. The second kappa shape index (κ2) is 8.51. The Morgan fingerprint density at radius 1 is 1.17 bits per heavy atom. The van der Waals surface area contributed by atoms with Crippen LogP contribution in [0.3, 0.4) is 0 Å². The van der Waals surface area contributed by atoms with Gasteiger partial charge < -0.3 is 14.8 Å². The number of aromatic nitrogens is 3. The molecule has 0 aliphatic rings. The van der Waals surface area contributed by atoms with Crippen LogP contribution in [0.5, 0.6) is 11.5 Å². The Morgan fingerprint density at radius 3 is 2.62 bits per heavy atom. The topological polar surface area (TPSA) is 77.8 Å². The van der Waals surface area contributed by atoms with E-state index in [-0.39, 0.29) is 11.9 Å². The van der Waals surface area contributed by atoms with Crippen molar-refractivity contribution in [2.24, 2.45) is 0 Å². The van der Waals surface area contributed by atoms with Crippen LogP contribution >= 0.6 is 0 Å². The van der Waals surface area contributed by atoms with Crippen molar-refractivity contribution in [2.75, 3.05) is 14.2 Å². The molecule has 2 aromatic heterocycles. The molecule has 7 nitrogen and oxygen atoms in total. The van der Waals surface area contributed by atoms with Crippen molar-refractivity contribution in [3.8, 4) is 11.5 Å². The lowest BCUT2D eigenvalue weighted by molar-refractivity contribution is -0.121. The van der Waals surface area contributed by atoms with E-state index in [0.717, 1.165) is 39.6 Å². The highest BCUT2D eigenvalue weighted by molar-refractivity contribution is 5.77. The van der Waals surface area contributed by atoms with Gasteiger partial charge in [-0.05, 0) is 57.9 Å². The Kier molecular flexibility index (Phi) is 6.06. The maximum atomic E-state index is 12.6. The van der Waals surface area contributed by atoms with Crippen molar-refractivity contribution < 1.29 is 14.3 Å². The average molecular weight is 396 g/mol. The van der Waals surface area contributed by atoms with Crippen LogP contribution < -0.4 is 14.8 Å². The van der Waals surface area contributed by atoms with Crippen molar-refractivity contribution in [1.29, 1.82) is 0 Å². The summed E-state index contributed by atoms with van der Waals surface area (Å²) in [5.74, 6) is 1.41. The number of aryl methyl sites for hydroxylation is 3. The molecule has 0 saturated carbocycles. The van der Waals surface area contributed by atoms with E-state index in [9.17, 15) is 4.79 Å². The summed E-state index contributed by atoms with van der Waals surface area (Å²) in [6.07, 6.45) is 0.971. The molecule has 1 aromatic carbocycles. The van der Waals surface area contributed by atoms with Crippen LogP contribution in [0, 0.1) is 20.8 Å². The van der Waals surface area contributed by atoms with Gasteiger partial charge in [-0.3, -0.25) is 4.79 Å². The van der Waals surface area contributed by atoms with Crippen molar-refractivity contribution in [3.63, 3.8) is 0 Å². The molecule has 0 spiro atoms. The summed E-state index contributed by atoms with van der Waals surface area (Å²) in [5, 5.41) is 7.55. The van der Waals surface area contributed by atoms with Gasteiger partial charge in [0.05, 0.1) is 26.0 Å². The lowest BCUT2D eigenvalue weighted by Crippen LogP contribution is -2.27. The third-order valence-corrected chi connectivity index (χ3v) is 5.17. The quantitative estimate of drug-likeness (QED) is 0.662. The monoisotopic (exact) mass is 396 g/mol. The molecule has 1 atom stereocenters. The molecule has 0 aliphatic heterocycles. The van der Waals surface area contributed by atoms with E-state index >= 15 is 0 Å². The highest BCUT2D eigenvalue weighted by Gasteiger charge is 2.17. The van der Waals surface area contributed by atoms with Gasteiger partial charge in [0.2, 0.25) is 5.91 Å². The second-order valence-corrected chi connectivity index (χ2v) is 7.21. The van der Waals surface area contributed by atoms with E-state index in [2.05, 4.69) is 15.4 Å². The molecule has 154 valence electrons. The number of rotatable bonds is 7. The van der Waals surface area contributed by atoms with Crippen LogP contribution in [-0.4, -0.2) is 34.7 Å². The highest BCUT2D eigenvalue weighted by Crippen LogP contribution is 2.29. The predicted molar refractivity (Wildman–Crippen MR) is 112 cm³/mol. The Morgan fingerprint density at radius 2 is 1.93 bits per heavy atom. The first-order valence-electron chi connectivity index (χ1n) is 9.67. The Hall–Kier alpha value is -3.09. The fraction of sp³-hybridized carbons (Fsp3) is 0.409. The Balaban J connectivity index is 1.71. The van der Waals surface area contributed by atoms with E-state index in [4.69, 9.17) is 9.47 Å². The zero-order valence-electron chi connectivity index (χ0n) is 17.9. The summed E-state index contributed by atoms with van der Waals surface area (Å²) in [4.78, 5) is 17.2. The van der Waals surface area contributed by atoms with Crippen molar-refractivity contribution in [3.05, 3.63) is 52.5 Å². The minimum absolute atomic E-state index is 0.0297. The molecule has 3 aromatic rings. The minimum Gasteiger partial charge on any atom is -0.497 e. The van der Waals surface area contributed by atoms with Gasteiger partial charge >= 0.3 is 0 Å². The summed E-state index contributed by atoms with van der Waals surface area (Å²) in [6, 6.07) is 7.32. The third-order valence-electron chi connectivity index (χ3n) is 5.17. The first kappa shape index (κ1) is 20.6. The van der Waals surface area contributed by atoms with Crippen LogP contribution in [0.15, 0.2) is 24.3 Å². The molecule has 0 fully saturated rings. The molecule has 0 saturated heterocycles. The van der Waals surface area contributed by atoms with E-state index in [0.29, 0.717) is 18.6 Å². The van der Waals surface area contributed by atoms with Crippen LogP contribution in [0.4, 0.5) is 0 Å². The summed E-state index contributed by atoms with van der Waals surface area (Å²) in [5.41, 5.74) is 5.66. The fourth-order valence-corrected chi connectivity index (χ4v) is 3.61. The summed E-state index contributed by atoms with van der Waals surface area (Å²) >= 11 is 0. The van der Waals surface area contributed by atoms with Gasteiger partial charge in [-0.15, -0.1) is 0 Å². The van der Waals surface area contributed by atoms with E-state index in [1.807, 2.05) is 56.5 Å². The standard InChI is InChI=1S/C22H28N4O3/c1-13-11-21-23-14(2)18(16(4)26(21)25-13)8-10-22(27)24-15(3)19-12-17(28-5)7-9-20(19)29-6/h7,9,11-12,15H,8,10H2,1-6H3,(H,24,27). The number of hydrogen-bond acceptors (Lipinski definition) is 5. The SMILES string of the molecule is COc1ccc(OC)c(C(C)NC(=O)CCc2c(C)nc3cc(C)nn3c2C)c1. The van der Waals surface area contributed by atoms with Gasteiger partial charge in [0.1, 0.15) is 11.5 Å². The van der Waals surface area contributed by atoms with Gasteiger partial charge in [0.15, 0.2) is 5.65 Å². The number of nitrogens with zero attached hydrogens (tertiary/aromatic N) is 3. The molecular formula is C22H28N4O3. The number of amides is 1. The van der Waals surface area contributed by atoms with Gasteiger partial charge in [0.25, 0.3) is 0 Å². The van der Waals surface area contributed by atoms with Crippen LogP contribution in [0.1, 0.15) is 47.6 Å². The molecule has 7 heteroatoms. The van der Waals surface area contributed by atoms with Crippen LogP contribution in [0.2, 0.25) is 0 Å². The molecule has 3 rings (SSSR count). The number of carbonyl (C=O) groups is 1. The smallest absolute Gasteiger partial charge is 0.220 e. The van der Waals surface area contributed by atoms with Gasteiger partial charge in [-0.1, -0.05) is 0 Å². The molecule has 1 amide bonds. The number of carbonyl (C=O) groups excluding carboxylic acids is 1. The number of benzene rings is 1. The summed E-state index contributed by atoms with van der Waals surface area (Å²) in [7, 11) is 3.23. The zero-order chi connectivity index (χ0) is 21.1. The first-order chi connectivity index (χ1) is 13.8. The number of ether oxygens (including phenoxy) is 2. The van der Waals surface area contributed by atoms with Crippen molar-refractivity contribution in [1.82, 2.24) is 19.9 Å². The number of methoxy groups -OCH3 is 2. The largest absolute Gasteiger partial charge is 0.497 e. The van der Waals surface area contributed by atoms with Gasteiger partial charge in [-0.2, -0.15) is 5.10 Å². The zero-order valence-corrected chi connectivity index (χ0v) is 17.9. The molecule has 29 heavy (non-hydrogen) atoms. The van der Waals surface area contributed by atoms with Crippen molar-refractivity contribution in [2.45, 2.75) is 46.6 Å². The fourth-order valence-electron chi connectivity index (χ4n) is 3.61. The van der Waals surface area contributed by atoms with Crippen molar-refractivity contribution >= 4 is 11.6 Å². The molecule has 0 bridgehead atoms. The summed E-state index contributed by atoms with van der Waals surface area (Å²) in [6.45, 7) is 7.88. The number of nitrogens with one attached hydrogen (secondary N) is 1. The van der Waals surface area contributed by atoms with Gasteiger partial charge in [0, 0.05) is 29.4 Å². The van der Waals surface area contributed by atoms with Crippen LogP contribution in [0.25, 0.3) is 5.65 Å². The van der Waals surface area contributed by atoms with Gasteiger partial charge in [-0.25, -0.2) is 9.50 Å². The summed E-state index contributed by atoms with van der Waals surface area (Å²) < 4.78 is 12.6. The molecule has 1 unspecified atom stereocenters. The lowest BCUT2D eigenvalue weighted by Gasteiger charge is -2.18. The van der Waals surface area contributed by atoms with E-state index in [1.165, 1.54) is 0 Å². The maximum Gasteiger partial charge on any atom is 0.220 e. The van der Waals surface area contributed by atoms with E-state index in [1.54, 1.807) is 14.2 Å². The number of fused-ring (bicyclic) bond motifs is 1. The normalized spacial score (nSPS) is 12.1. The predicted octanol–water partition coefficient (Wildman–Crippen LogP) is 3.48. The highest BCUT2D eigenvalue weighted by atomic mass is 16.5. The molecule has 0 radical (unpaired) electrons. The molecule has 2 heterocycles. The molecular weight excluding hydrogens is 368 g/mol. The second-order valence-electron chi connectivity index (χ2n) is 7.21. The Labute approximate surface area is 171 Å². The molecule has 1 N–H and O–H groups in total. The maximum absolute atomic E-state index is 12.6. The molecule has 0 aliphatic carbocycles. The van der Waals surface area contributed by atoms with Crippen LogP contribution in [-0.2, 0) is 11.2 Å². The minimum atomic E-state index is -0.205. The first-order valence-corrected chi connectivity index (χ1v) is 9.67. The Bertz CT molecular complexity index is 1040. The van der Waals surface area contributed by atoms with E-state index < -0.39 is 0 Å².